The molecule has 0 N–H and O–H groups in total. The van der Waals surface area contributed by atoms with Crippen LogP contribution in [0.2, 0.25) is 0 Å². The van der Waals surface area contributed by atoms with Gasteiger partial charge in [-0.05, 0) is 16.7 Å². The van der Waals surface area contributed by atoms with Gasteiger partial charge in [-0.2, -0.15) is 5.26 Å². The van der Waals surface area contributed by atoms with E-state index < -0.39 is 30.4 Å². The molecular weight excluding hydrogens is 430 g/mol. The summed E-state index contributed by atoms with van der Waals surface area (Å²) in [5.74, 6) is -0.547. The first-order chi connectivity index (χ1) is 16.7. The second kappa shape index (κ2) is 12.1. The molecule has 1 saturated heterocycles. The molecule has 174 valence electrons. The molecule has 3 aromatic rings. The fourth-order valence-corrected chi connectivity index (χ4v) is 3.89. The Morgan fingerprint density at radius 3 is 1.59 bits per heavy atom. The van der Waals surface area contributed by atoms with Gasteiger partial charge in [-0.15, -0.1) is 0 Å². The molecule has 0 saturated carbocycles. The highest BCUT2D eigenvalue weighted by Gasteiger charge is 2.48. The minimum absolute atomic E-state index is 0.00178. The van der Waals surface area contributed by atoms with Crippen molar-refractivity contribution in [2.45, 2.75) is 50.7 Å². The fraction of sp³-hybridized carbons (Fsp3) is 0.286. The summed E-state index contributed by atoms with van der Waals surface area (Å²) in [5.41, 5.74) is 2.86. The zero-order chi connectivity index (χ0) is 23.6. The Kier molecular flexibility index (Phi) is 8.42. The van der Waals surface area contributed by atoms with E-state index in [4.69, 9.17) is 18.9 Å². The molecule has 34 heavy (non-hydrogen) atoms. The number of cyclic esters (lactones) is 1. The van der Waals surface area contributed by atoms with Crippen LogP contribution in [0, 0.1) is 11.3 Å². The van der Waals surface area contributed by atoms with E-state index in [2.05, 4.69) is 6.07 Å². The van der Waals surface area contributed by atoms with Crippen LogP contribution >= 0.6 is 0 Å². The Morgan fingerprint density at radius 1 is 0.676 bits per heavy atom. The summed E-state index contributed by atoms with van der Waals surface area (Å²) in [6, 6.07) is 31.1. The molecule has 1 aliphatic heterocycles. The van der Waals surface area contributed by atoms with Crippen LogP contribution in [0.15, 0.2) is 91.0 Å². The lowest BCUT2D eigenvalue weighted by atomic mass is 9.96. The average Bonchev–Trinajstić information content (AvgIpc) is 2.88. The number of nitrogens with zero attached hydrogens (tertiary/aromatic N) is 1. The van der Waals surface area contributed by atoms with E-state index >= 15 is 0 Å². The van der Waals surface area contributed by atoms with Gasteiger partial charge in [0, 0.05) is 0 Å². The molecule has 0 aromatic heterocycles. The van der Waals surface area contributed by atoms with Crippen molar-refractivity contribution in [3.63, 3.8) is 0 Å². The van der Waals surface area contributed by atoms with Gasteiger partial charge in [-0.25, -0.2) is 4.79 Å². The number of rotatable bonds is 10. The minimum Gasteiger partial charge on any atom is -0.456 e. The maximum atomic E-state index is 13.0. The van der Waals surface area contributed by atoms with Gasteiger partial charge in [0.2, 0.25) is 0 Å². The smallest absolute Gasteiger partial charge is 0.338 e. The monoisotopic (exact) mass is 457 g/mol. The first-order valence-electron chi connectivity index (χ1n) is 11.3. The number of carbonyl (C=O) groups is 1. The molecule has 1 aliphatic rings. The van der Waals surface area contributed by atoms with Crippen LogP contribution in [0.5, 0.6) is 0 Å². The average molecular weight is 458 g/mol. The van der Waals surface area contributed by atoms with E-state index in [1.807, 2.05) is 91.0 Å². The van der Waals surface area contributed by atoms with Gasteiger partial charge in [0.25, 0.3) is 0 Å². The maximum Gasteiger partial charge on any atom is 0.338 e. The van der Waals surface area contributed by atoms with Crippen LogP contribution in [-0.4, -0.2) is 30.4 Å². The van der Waals surface area contributed by atoms with E-state index in [-0.39, 0.29) is 19.6 Å². The number of hydrogen-bond acceptors (Lipinski definition) is 6. The van der Waals surface area contributed by atoms with E-state index in [9.17, 15) is 10.1 Å². The molecule has 0 spiro atoms. The molecule has 0 unspecified atom stereocenters. The van der Waals surface area contributed by atoms with Crippen molar-refractivity contribution in [3.05, 3.63) is 108 Å². The number of benzene rings is 3. The van der Waals surface area contributed by atoms with Crippen molar-refractivity contribution in [2.75, 3.05) is 0 Å². The Hall–Kier alpha value is -3.50. The molecule has 3 aromatic carbocycles. The number of carbonyl (C=O) groups excluding carboxylic acids is 1. The SMILES string of the molecule is N#CC[C@H]1OC(=O)[C@@H](OCc2ccccc2)[C@@H](OCc2ccccc2)[C@@H]1OCc1ccccc1. The minimum atomic E-state index is -0.986. The second-order valence-electron chi connectivity index (χ2n) is 8.08. The summed E-state index contributed by atoms with van der Waals surface area (Å²) >= 11 is 0. The first kappa shape index (κ1) is 23.7. The third-order valence-corrected chi connectivity index (χ3v) is 5.62. The number of nitriles is 1. The van der Waals surface area contributed by atoms with Crippen molar-refractivity contribution in [3.8, 4) is 6.07 Å². The van der Waals surface area contributed by atoms with E-state index in [0.29, 0.717) is 6.61 Å². The molecule has 1 fully saturated rings. The third kappa shape index (κ3) is 6.30. The van der Waals surface area contributed by atoms with Gasteiger partial charge >= 0.3 is 5.97 Å². The number of hydrogen-bond donors (Lipinski definition) is 0. The lowest BCUT2D eigenvalue weighted by Gasteiger charge is -2.40. The maximum absolute atomic E-state index is 13.0. The van der Waals surface area contributed by atoms with E-state index in [0.717, 1.165) is 16.7 Å². The van der Waals surface area contributed by atoms with E-state index in [1.165, 1.54) is 0 Å². The van der Waals surface area contributed by atoms with Gasteiger partial charge in [-0.3, -0.25) is 0 Å². The second-order valence-corrected chi connectivity index (χ2v) is 8.08. The number of esters is 1. The molecule has 4 atom stereocenters. The standard InChI is InChI=1S/C28H27NO5/c29-17-16-24-25(31-18-21-10-4-1-5-11-21)26(32-19-22-12-6-2-7-13-22)27(28(30)34-24)33-20-23-14-8-3-9-15-23/h1-15,24-27H,16,18-20H2/t24-,25-,26+,27+/m1/s1. The molecule has 1 heterocycles. The zero-order valence-corrected chi connectivity index (χ0v) is 18.8. The first-order valence-corrected chi connectivity index (χ1v) is 11.3. The molecule has 0 bridgehead atoms. The third-order valence-electron chi connectivity index (χ3n) is 5.62. The van der Waals surface area contributed by atoms with Gasteiger partial charge < -0.3 is 18.9 Å². The zero-order valence-electron chi connectivity index (χ0n) is 18.8. The predicted octanol–water partition coefficient (Wildman–Crippen LogP) is 4.58. The topological polar surface area (TPSA) is 77.8 Å². The van der Waals surface area contributed by atoms with Crippen LogP contribution in [0.4, 0.5) is 0 Å². The predicted molar refractivity (Wildman–Crippen MR) is 125 cm³/mol. The van der Waals surface area contributed by atoms with Crippen LogP contribution in [0.25, 0.3) is 0 Å². The summed E-state index contributed by atoms with van der Waals surface area (Å²) in [4.78, 5) is 13.0. The Balaban J connectivity index is 1.56. The normalized spacial score (nSPS) is 22.0. The Morgan fingerprint density at radius 2 is 1.12 bits per heavy atom. The summed E-state index contributed by atoms with van der Waals surface area (Å²) in [6.07, 6.45) is -3.14. The molecule has 0 amide bonds. The van der Waals surface area contributed by atoms with Crippen LogP contribution < -0.4 is 0 Å². The molecular formula is C28H27NO5. The van der Waals surface area contributed by atoms with Crippen LogP contribution in [0.3, 0.4) is 0 Å². The number of ether oxygens (including phenoxy) is 4. The van der Waals surface area contributed by atoms with Gasteiger partial charge in [0.1, 0.15) is 18.3 Å². The summed E-state index contributed by atoms with van der Waals surface area (Å²) in [7, 11) is 0. The Bertz CT molecular complexity index is 1070. The summed E-state index contributed by atoms with van der Waals surface area (Å²) in [5, 5.41) is 9.35. The molecule has 0 aliphatic carbocycles. The van der Waals surface area contributed by atoms with Crippen molar-refractivity contribution < 1.29 is 23.7 Å². The summed E-state index contributed by atoms with van der Waals surface area (Å²) < 4.78 is 24.1. The van der Waals surface area contributed by atoms with E-state index in [1.54, 1.807) is 0 Å². The molecule has 0 radical (unpaired) electrons. The highest BCUT2D eigenvalue weighted by atomic mass is 16.6. The quantitative estimate of drug-likeness (QED) is 0.415. The summed E-state index contributed by atoms with van der Waals surface area (Å²) in [6.45, 7) is 0.788. The van der Waals surface area contributed by atoms with Crippen molar-refractivity contribution in [1.82, 2.24) is 0 Å². The van der Waals surface area contributed by atoms with Crippen molar-refractivity contribution in [2.24, 2.45) is 0 Å². The lowest BCUT2D eigenvalue weighted by molar-refractivity contribution is -0.232. The van der Waals surface area contributed by atoms with Crippen LogP contribution in [-0.2, 0) is 43.6 Å². The molecule has 4 rings (SSSR count). The highest BCUT2D eigenvalue weighted by Crippen LogP contribution is 2.28. The molecule has 6 nitrogen and oxygen atoms in total. The Labute approximate surface area is 199 Å². The highest BCUT2D eigenvalue weighted by molar-refractivity contribution is 5.77. The van der Waals surface area contributed by atoms with Gasteiger partial charge in [-0.1, -0.05) is 91.0 Å². The van der Waals surface area contributed by atoms with Gasteiger partial charge in [0.15, 0.2) is 6.10 Å². The molecule has 6 heteroatoms. The van der Waals surface area contributed by atoms with Crippen LogP contribution in [0.1, 0.15) is 23.1 Å². The van der Waals surface area contributed by atoms with Crippen molar-refractivity contribution in [1.29, 1.82) is 5.26 Å². The lowest BCUT2D eigenvalue weighted by Crippen LogP contribution is -2.58. The van der Waals surface area contributed by atoms with Crippen molar-refractivity contribution >= 4 is 5.97 Å². The largest absolute Gasteiger partial charge is 0.456 e. The van der Waals surface area contributed by atoms with Gasteiger partial charge in [0.05, 0.1) is 32.3 Å². The fourth-order valence-electron chi connectivity index (χ4n) is 3.89.